The van der Waals surface area contributed by atoms with Crippen molar-refractivity contribution in [1.82, 2.24) is 19.5 Å². The first-order chi connectivity index (χ1) is 14.6. The average molecular weight is 405 g/mol. The molecule has 0 bridgehead atoms. The van der Waals surface area contributed by atoms with E-state index in [4.69, 9.17) is 11.5 Å². The molecule has 1 aliphatic heterocycles. The van der Waals surface area contributed by atoms with Gasteiger partial charge in [-0.25, -0.2) is 15.0 Å². The van der Waals surface area contributed by atoms with Crippen LogP contribution in [0.3, 0.4) is 0 Å². The maximum atomic E-state index is 13.2. The van der Waals surface area contributed by atoms with Crippen molar-refractivity contribution in [2.24, 2.45) is 17.4 Å². The van der Waals surface area contributed by atoms with Crippen LogP contribution in [0.4, 0.5) is 5.82 Å². The second-order valence-corrected chi connectivity index (χ2v) is 7.25. The van der Waals surface area contributed by atoms with Crippen LogP contribution in [0.1, 0.15) is 12.1 Å². The third kappa shape index (κ3) is 3.92. The van der Waals surface area contributed by atoms with Gasteiger partial charge in [0.2, 0.25) is 5.91 Å². The topological polar surface area (TPSA) is 133 Å². The number of carbonyl (C=O) groups is 1. The quantitative estimate of drug-likeness (QED) is 0.585. The van der Waals surface area contributed by atoms with Crippen molar-refractivity contribution in [2.45, 2.75) is 12.8 Å². The van der Waals surface area contributed by atoms with E-state index in [9.17, 15) is 9.59 Å². The van der Waals surface area contributed by atoms with Crippen LogP contribution in [0.2, 0.25) is 0 Å². The predicted octanol–water partition coefficient (Wildman–Crippen LogP) is 0.502. The number of nitrogens with two attached hydrogens (primary N) is 2. The minimum absolute atomic E-state index is 0.238. The van der Waals surface area contributed by atoms with E-state index in [-0.39, 0.29) is 17.4 Å². The average Bonchev–Trinajstić information content (AvgIpc) is 2.73. The fourth-order valence-electron chi connectivity index (χ4n) is 3.38. The van der Waals surface area contributed by atoms with Gasteiger partial charge in [-0.05, 0) is 49.7 Å². The summed E-state index contributed by atoms with van der Waals surface area (Å²) in [6.45, 7) is 1.35. The summed E-state index contributed by atoms with van der Waals surface area (Å²) >= 11 is 0. The molecule has 3 heterocycles. The number of hydrogen-bond acceptors (Lipinski definition) is 7. The molecule has 0 spiro atoms. The van der Waals surface area contributed by atoms with Crippen LogP contribution in [0, 0.1) is 5.92 Å². The molecular weight excluding hydrogens is 382 g/mol. The maximum absolute atomic E-state index is 13.2. The normalized spacial score (nSPS) is 13.8. The van der Waals surface area contributed by atoms with Crippen LogP contribution in [0.25, 0.3) is 17.1 Å². The van der Waals surface area contributed by atoms with E-state index in [0.29, 0.717) is 43.4 Å². The van der Waals surface area contributed by atoms with Gasteiger partial charge in [0.25, 0.3) is 5.56 Å². The number of carbonyl (C=O) groups excluding carboxylic acids is 1. The zero-order valence-corrected chi connectivity index (χ0v) is 16.4. The molecule has 1 saturated heterocycles. The lowest BCUT2D eigenvalue weighted by Gasteiger charge is -2.38. The number of hydrogen-bond donors (Lipinski definition) is 2. The molecular formula is C21H23N7O2. The van der Waals surface area contributed by atoms with Crippen LogP contribution < -0.4 is 21.9 Å². The SMILES string of the molecule is NCCCc1cn(-c2ccc(-c3ncccn3)cc2)c(=O)c(N2CC(C(N)=O)C2)n1. The Balaban J connectivity index is 1.69. The van der Waals surface area contributed by atoms with E-state index >= 15 is 0 Å². The summed E-state index contributed by atoms with van der Waals surface area (Å²) in [4.78, 5) is 39.3. The zero-order valence-electron chi connectivity index (χ0n) is 16.4. The van der Waals surface area contributed by atoms with Crippen molar-refractivity contribution in [3.05, 3.63) is 65.0 Å². The highest BCUT2D eigenvalue weighted by molar-refractivity contribution is 5.80. The molecule has 0 unspecified atom stereocenters. The van der Waals surface area contributed by atoms with Gasteiger partial charge in [0.1, 0.15) is 0 Å². The van der Waals surface area contributed by atoms with E-state index in [1.165, 1.54) is 0 Å². The third-order valence-electron chi connectivity index (χ3n) is 5.13. The van der Waals surface area contributed by atoms with Crippen molar-refractivity contribution in [2.75, 3.05) is 24.5 Å². The van der Waals surface area contributed by atoms with Gasteiger partial charge in [-0.15, -0.1) is 0 Å². The Kier molecular flexibility index (Phi) is 5.53. The number of anilines is 1. The van der Waals surface area contributed by atoms with Crippen molar-refractivity contribution >= 4 is 11.7 Å². The Morgan fingerprint density at radius 2 is 1.83 bits per heavy atom. The highest BCUT2D eigenvalue weighted by atomic mass is 16.1. The smallest absolute Gasteiger partial charge is 0.298 e. The molecule has 2 aromatic heterocycles. The lowest BCUT2D eigenvalue weighted by atomic mass is 10.00. The van der Waals surface area contributed by atoms with Crippen LogP contribution in [0.5, 0.6) is 0 Å². The van der Waals surface area contributed by atoms with Gasteiger partial charge in [-0.3, -0.25) is 14.2 Å². The van der Waals surface area contributed by atoms with Gasteiger partial charge in [0.15, 0.2) is 11.6 Å². The molecule has 0 aliphatic carbocycles. The molecule has 0 atom stereocenters. The molecule has 1 aromatic carbocycles. The van der Waals surface area contributed by atoms with Gasteiger partial charge in [0, 0.05) is 42.9 Å². The fraction of sp³-hybridized carbons (Fsp3) is 0.286. The monoisotopic (exact) mass is 405 g/mol. The van der Waals surface area contributed by atoms with E-state index in [2.05, 4.69) is 15.0 Å². The minimum Gasteiger partial charge on any atom is -0.369 e. The number of amides is 1. The van der Waals surface area contributed by atoms with Crippen molar-refractivity contribution < 1.29 is 4.79 Å². The second kappa shape index (κ2) is 8.42. The van der Waals surface area contributed by atoms with E-state index in [1.54, 1.807) is 34.1 Å². The summed E-state index contributed by atoms with van der Waals surface area (Å²) in [5.74, 6) is 0.341. The lowest BCUT2D eigenvalue weighted by molar-refractivity contribution is -0.122. The number of aryl methyl sites for hydroxylation is 1. The third-order valence-corrected chi connectivity index (χ3v) is 5.13. The molecule has 154 valence electrons. The zero-order chi connectivity index (χ0) is 21.1. The van der Waals surface area contributed by atoms with Gasteiger partial charge in [-0.2, -0.15) is 0 Å². The molecule has 1 aliphatic rings. The summed E-state index contributed by atoms with van der Waals surface area (Å²) in [7, 11) is 0. The van der Waals surface area contributed by atoms with Crippen LogP contribution >= 0.6 is 0 Å². The fourth-order valence-corrected chi connectivity index (χ4v) is 3.38. The van der Waals surface area contributed by atoms with Crippen molar-refractivity contribution in [3.8, 4) is 17.1 Å². The number of nitrogens with zero attached hydrogens (tertiary/aromatic N) is 5. The van der Waals surface area contributed by atoms with Gasteiger partial charge < -0.3 is 16.4 Å². The van der Waals surface area contributed by atoms with E-state index < -0.39 is 0 Å². The summed E-state index contributed by atoms with van der Waals surface area (Å²) in [6, 6.07) is 9.22. The minimum atomic E-state index is -0.357. The van der Waals surface area contributed by atoms with E-state index in [0.717, 1.165) is 17.7 Å². The predicted molar refractivity (Wildman–Crippen MR) is 113 cm³/mol. The number of aromatic nitrogens is 4. The van der Waals surface area contributed by atoms with Gasteiger partial charge in [0.05, 0.1) is 11.6 Å². The van der Waals surface area contributed by atoms with E-state index in [1.807, 2.05) is 24.3 Å². The molecule has 3 aromatic rings. The molecule has 30 heavy (non-hydrogen) atoms. The van der Waals surface area contributed by atoms with Crippen molar-refractivity contribution in [1.29, 1.82) is 0 Å². The lowest BCUT2D eigenvalue weighted by Crippen LogP contribution is -2.54. The number of rotatable bonds is 7. The van der Waals surface area contributed by atoms with Gasteiger partial charge in [-0.1, -0.05) is 0 Å². The summed E-state index contributed by atoms with van der Waals surface area (Å²) in [5.41, 5.74) is 13.1. The van der Waals surface area contributed by atoms with Crippen LogP contribution in [-0.4, -0.2) is 45.1 Å². The largest absolute Gasteiger partial charge is 0.369 e. The Bertz CT molecular complexity index is 1090. The summed E-state index contributed by atoms with van der Waals surface area (Å²) < 4.78 is 1.58. The highest BCUT2D eigenvalue weighted by Gasteiger charge is 2.34. The molecule has 1 amide bonds. The van der Waals surface area contributed by atoms with Gasteiger partial charge >= 0.3 is 0 Å². The first-order valence-corrected chi connectivity index (χ1v) is 9.81. The molecule has 0 radical (unpaired) electrons. The molecule has 9 heteroatoms. The Morgan fingerprint density at radius 3 is 2.47 bits per heavy atom. The van der Waals surface area contributed by atoms with Crippen molar-refractivity contribution in [3.63, 3.8) is 0 Å². The highest BCUT2D eigenvalue weighted by Crippen LogP contribution is 2.22. The first kappa shape index (κ1) is 19.7. The number of primary amides is 1. The second-order valence-electron chi connectivity index (χ2n) is 7.25. The first-order valence-electron chi connectivity index (χ1n) is 9.81. The molecule has 4 rings (SSSR count). The molecule has 9 nitrogen and oxygen atoms in total. The standard InChI is InChI=1S/C21H23N7O2/c22-8-1-3-16-13-28(21(30)20(26-16)27-11-15(12-27)18(23)29)17-6-4-14(5-7-17)19-24-9-2-10-25-19/h2,4-7,9-10,13,15H,1,3,8,11-12,22H2,(H2,23,29). The molecule has 1 fully saturated rings. The summed E-state index contributed by atoms with van der Waals surface area (Å²) in [6.07, 6.45) is 6.55. The Hall–Kier alpha value is -3.59. The number of benzene rings is 1. The Labute approximate surface area is 173 Å². The molecule has 0 saturated carbocycles. The Morgan fingerprint density at radius 1 is 1.13 bits per heavy atom. The molecule has 4 N–H and O–H groups in total. The van der Waals surface area contributed by atoms with Crippen LogP contribution in [0.15, 0.2) is 53.7 Å². The van der Waals surface area contributed by atoms with Crippen LogP contribution in [-0.2, 0) is 11.2 Å². The summed E-state index contributed by atoms with van der Waals surface area (Å²) in [5, 5.41) is 0. The maximum Gasteiger partial charge on any atom is 0.298 e.